The van der Waals surface area contributed by atoms with E-state index in [0.717, 1.165) is 12.8 Å². The van der Waals surface area contributed by atoms with Crippen molar-refractivity contribution in [3.05, 3.63) is 47.4 Å². The van der Waals surface area contributed by atoms with Crippen LogP contribution in [0.1, 0.15) is 47.5 Å². The molecule has 3 heteroatoms. The van der Waals surface area contributed by atoms with Crippen molar-refractivity contribution in [1.82, 2.24) is 0 Å². The van der Waals surface area contributed by atoms with Gasteiger partial charge in [0.25, 0.3) is 0 Å². The van der Waals surface area contributed by atoms with Gasteiger partial charge in [-0.25, -0.2) is 4.39 Å². The summed E-state index contributed by atoms with van der Waals surface area (Å²) in [5, 5.41) is 7.76. The van der Waals surface area contributed by atoms with Crippen LogP contribution in [0.5, 0.6) is 0 Å². The molecule has 0 aromatic heterocycles. The molecule has 3 N–H and O–H groups in total. The van der Waals surface area contributed by atoms with E-state index in [1.54, 1.807) is 13.0 Å². The minimum atomic E-state index is -0.278. The van der Waals surface area contributed by atoms with Gasteiger partial charge in [0.1, 0.15) is 5.83 Å². The minimum Gasteiger partial charge on any atom is -0.327 e. The summed E-state index contributed by atoms with van der Waals surface area (Å²) in [7, 11) is 0. The van der Waals surface area contributed by atoms with Crippen molar-refractivity contribution in [1.29, 1.82) is 5.41 Å². The quantitative estimate of drug-likeness (QED) is 0.475. The molecule has 0 bridgehead atoms. The Kier molecular flexibility index (Phi) is 9.55. The molecule has 0 aliphatic heterocycles. The van der Waals surface area contributed by atoms with Gasteiger partial charge in [-0.1, -0.05) is 43.2 Å². The maximum atomic E-state index is 14.4. The first kappa shape index (κ1) is 19.5. The maximum absolute atomic E-state index is 14.4. The maximum Gasteiger partial charge on any atom is 0.105 e. The van der Waals surface area contributed by atoms with Crippen molar-refractivity contribution in [3.63, 3.8) is 0 Å². The van der Waals surface area contributed by atoms with E-state index in [1.807, 2.05) is 45.9 Å². The van der Waals surface area contributed by atoms with Crippen LogP contribution < -0.4 is 5.73 Å². The molecular formula is C18H29FN2. The van der Waals surface area contributed by atoms with Crippen LogP contribution in [0.4, 0.5) is 4.39 Å². The first-order valence-electron chi connectivity index (χ1n) is 7.49. The number of allylic oxidation sites excluding steroid dienone is 7. The van der Waals surface area contributed by atoms with Crippen molar-refractivity contribution in [3.8, 4) is 0 Å². The van der Waals surface area contributed by atoms with Crippen LogP contribution in [-0.4, -0.2) is 11.8 Å². The average molecular weight is 292 g/mol. The van der Waals surface area contributed by atoms with Gasteiger partial charge in [0.05, 0.1) is 0 Å². The van der Waals surface area contributed by atoms with Gasteiger partial charge in [0, 0.05) is 17.7 Å². The third kappa shape index (κ3) is 8.41. The summed E-state index contributed by atoms with van der Waals surface area (Å²) in [5.74, 6) is -0.514. The normalized spacial score (nSPS) is 16.0. The summed E-state index contributed by atoms with van der Waals surface area (Å²) in [6, 6.07) is -0.227. The van der Waals surface area contributed by atoms with E-state index in [-0.39, 0.29) is 17.8 Å². The van der Waals surface area contributed by atoms with E-state index in [2.05, 4.69) is 0 Å². The largest absolute Gasteiger partial charge is 0.327 e. The number of hydrogen-bond acceptors (Lipinski definition) is 2. The average Bonchev–Trinajstić information content (AvgIpc) is 2.38. The Morgan fingerprint density at radius 3 is 2.19 bits per heavy atom. The molecule has 0 amide bonds. The number of rotatable bonds is 8. The van der Waals surface area contributed by atoms with Gasteiger partial charge in [0.2, 0.25) is 0 Å². The highest BCUT2D eigenvalue weighted by Crippen LogP contribution is 2.23. The van der Waals surface area contributed by atoms with Gasteiger partial charge >= 0.3 is 0 Å². The predicted molar refractivity (Wildman–Crippen MR) is 91.3 cm³/mol. The molecule has 0 rings (SSSR count). The molecule has 0 heterocycles. The Bertz CT molecular complexity index is 450. The zero-order valence-corrected chi connectivity index (χ0v) is 13.9. The van der Waals surface area contributed by atoms with Gasteiger partial charge in [-0.3, -0.25) is 0 Å². The molecule has 0 saturated carbocycles. The summed E-state index contributed by atoms with van der Waals surface area (Å²) in [6.45, 7) is 9.51. The second kappa shape index (κ2) is 10.3. The Labute approximate surface area is 128 Å². The lowest BCUT2D eigenvalue weighted by atomic mass is 9.93. The fourth-order valence-corrected chi connectivity index (χ4v) is 1.91. The van der Waals surface area contributed by atoms with E-state index in [9.17, 15) is 4.39 Å². The van der Waals surface area contributed by atoms with Crippen molar-refractivity contribution in [2.75, 3.05) is 0 Å². The molecular weight excluding hydrogens is 263 g/mol. The summed E-state index contributed by atoms with van der Waals surface area (Å²) < 4.78 is 14.4. The molecule has 0 aromatic rings. The molecule has 0 fully saturated rings. The number of nitrogens with one attached hydrogen (secondary N) is 1. The van der Waals surface area contributed by atoms with Crippen molar-refractivity contribution < 1.29 is 4.39 Å². The van der Waals surface area contributed by atoms with Gasteiger partial charge in [-0.2, -0.15) is 0 Å². The predicted octanol–water partition coefficient (Wildman–Crippen LogP) is 5.09. The molecule has 0 saturated heterocycles. The monoisotopic (exact) mass is 292 g/mol. The third-order valence-electron chi connectivity index (χ3n) is 3.13. The van der Waals surface area contributed by atoms with Crippen molar-refractivity contribution in [2.45, 2.75) is 53.5 Å². The highest BCUT2D eigenvalue weighted by molar-refractivity contribution is 5.98. The number of nitrogens with two attached hydrogens (primary N) is 1. The molecule has 2 atom stereocenters. The van der Waals surface area contributed by atoms with Crippen LogP contribution in [0.15, 0.2) is 47.4 Å². The Balaban J connectivity index is 5.25. The second-order valence-corrected chi connectivity index (χ2v) is 5.66. The van der Waals surface area contributed by atoms with Gasteiger partial charge < -0.3 is 11.1 Å². The SMILES string of the molecule is CCCC(\C(F)=C/C(=C\C=C\C=C(C)C)C(C)=N)C(C)N. The van der Waals surface area contributed by atoms with E-state index < -0.39 is 0 Å². The topological polar surface area (TPSA) is 49.9 Å². The van der Waals surface area contributed by atoms with E-state index in [0.29, 0.717) is 11.3 Å². The number of hydrogen-bond donors (Lipinski definition) is 2. The molecule has 2 nitrogen and oxygen atoms in total. The fourth-order valence-electron chi connectivity index (χ4n) is 1.91. The van der Waals surface area contributed by atoms with E-state index in [1.165, 1.54) is 11.6 Å². The Morgan fingerprint density at radius 1 is 1.19 bits per heavy atom. The minimum absolute atomic E-state index is 0.227. The lowest BCUT2D eigenvalue weighted by molar-refractivity contribution is 0.386. The van der Waals surface area contributed by atoms with Gasteiger partial charge in [0.15, 0.2) is 0 Å². The van der Waals surface area contributed by atoms with Crippen LogP contribution in [0.25, 0.3) is 0 Å². The summed E-state index contributed by atoms with van der Waals surface area (Å²) in [5.41, 5.74) is 7.96. The summed E-state index contributed by atoms with van der Waals surface area (Å²) >= 11 is 0. The van der Waals surface area contributed by atoms with Crippen LogP contribution >= 0.6 is 0 Å². The standard InChI is InChI=1S/C18H29FN2/c1-6-9-17(15(5)21)18(19)12-16(14(4)20)11-8-7-10-13(2)3/h7-8,10-12,15,17,20H,6,9,21H2,1-5H3/b8-7+,16-11+,18-12+,20-14?. The zero-order chi connectivity index (χ0) is 16.4. The smallest absolute Gasteiger partial charge is 0.105 e. The molecule has 21 heavy (non-hydrogen) atoms. The van der Waals surface area contributed by atoms with Crippen LogP contribution in [0.2, 0.25) is 0 Å². The molecule has 118 valence electrons. The molecule has 2 unspecified atom stereocenters. The summed E-state index contributed by atoms with van der Waals surface area (Å²) in [6.07, 6.45) is 10.5. The van der Waals surface area contributed by atoms with Crippen molar-refractivity contribution >= 4 is 5.71 Å². The van der Waals surface area contributed by atoms with Gasteiger partial charge in [-0.05, 0) is 45.8 Å². The molecule has 0 radical (unpaired) electrons. The highest BCUT2D eigenvalue weighted by Gasteiger charge is 2.18. The molecule has 0 aliphatic carbocycles. The van der Waals surface area contributed by atoms with E-state index in [4.69, 9.17) is 11.1 Å². The van der Waals surface area contributed by atoms with Crippen LogP contribution in [-0.2, 0) is 0 Å². The molecule has 0 spiro atoms. The highest BCUT2D eigenvalue weighted by atomic mass is 19.1. The zero-order valence-electron chi connectivity index (χ0n) is 13.9. The third-order valence-corrected chi connectivity index (χ3v) is 3.13. The first-order chi connectivity index (χ1) is 9.79. The first-order valence-corrected chi connectivity index (χ1v) is 7.49. The lowest BCUT2D eigenvalue weighted by Crippen LogP contribution is -2.27. The fraction of sp³-hybridized carbons (Fsp3) is 0.500. The van der Waals surface area contributed by atoms with Crippen LogP contribution in [0, 0.1) is 11.3 Å². The second-order valence-electron chi connectivity index (χ2n) is 5.66. The van der Waals surface area contributed by atoms with E-state index >= 15 is 0 Å². The molecule has 0 aromatic carbocycles. The number of halogens is 1. The van der Waals surface area contributed by atoms with Gasteiger partial charge in [-0.15, -0.1) is 0 Å². The van der Waals surface area contributed by atoms with Crippen molar-refractivity contribution in [2.24, 2.45) is 11.7 Å². The lowest BCUT2D eigenvalue weighted by Gasteiger charge is -2.18. The summed E-state index contributed by atoms with van der Waals surface area (Å²) in [4.78, 5) is 0. The Hall–Kier alpha value is -1.48. The Morgan fingerprint density at radius 2 is 1.76 bits per heavy atom. The molecule has 0 aliphatic rings. The van der Waals surface area contributed by atoms with Crippen LogP contribution in [0.3, 0.4) is 0 Å².